The van der Waals surface area contributed by atoms with E-state index in [0.717, 1.165) is 5.70 Å². The summed E-state index contributed by atoms with van der Waals surface area (Å²) in [6.45, 7) is 0. The number of hydrogen-bond donors (Lipinski definition) is 4. The van der Waals surface area contributed by atoms with Crippen molar-refractivity contribution >= 4 is 5.97 Å². The molecule has 3 unspecified atom stereocenters. The Morgan fingerprint density at radius 1 is 1.57 bits per heavy atom. The number of carbonyl (C=O) groups is 1. The van der Waals surface area contributed by atoms with Crippen LogP contribution in [0.15, 0.2) is 23.9 Å². The third kappa shape index (κ3) is 1.51. The molecule has 0 aromatic heterocycles. The van der Waals surface area contributed by atoms with Crippen molar-refractivity contribution in [2.45, 2.75) is 18.5 Å². The van der Waals surface area contributed by atoms with E-state index in [2.05, 4.69) is 10.9 Å². The lowest BCUT2D eigenvalue weighted by Crippen LogP contribution is -2.35. The Kier molecular flexibility index (Phi) is 2.26. The third-order valence-corrected chi connectivity index (χ3v) is 2.64. The summed E-state index contributed by atoms with van der Waals surface area (Å²) in [6, 6.07) is -0.0111. The van der Waals surface area contributed by atoms with Crippen molar-refractivity contribution in [2.75, 3.05) is 0 Å². The van der Waals surface area contributed by atoms with Crippen molar-refractivity contribution in [1.29, 1.82) is 0 Å². The predicted octanol–water partition coefficient (Wildman–Crippen LogP) is -0.665. The minimum Gasteiger partial charge on any atom is -0.481 e. The van der Waals surface area contributed by atoms with Gasteiger partial charge in [0.2, 0.25) is 0 Å². The zero-order valence-electron chi connectivity index (χ0n) is 7.60. The molecule has 76 valence electrons. The smallest absolute Gasteiger partial charge is 0.305 e. The van der Waals surface area contributed by atoms with Crippen molar-refractivity contribution in [3.05, 3.63) is 23.9 Å². The van der Waals surface area contributed by atoms with Crippen LogP contribution in [0.2, 0.25) is 0 Å². The van der Waals surface area contributed by atoms with Crippen molar-refractivity contribution < 1.29 is 9.90 Å². The zero-order chi connectivity index (χ0) is 10.1. The van der Waals surface area contributed by atoms with Gasteiger partial charge in [-0.2, -0.15) is 0 Å². The number of hydrogen-bond acceptors (Lipinski definition) is 4. The fraction of sp³-hybridized carbons (Fsp3) is 0.444. The summed E-state index contributed by atoms with van der Waals surface area (Å²) in [5.41, 5.74) is 12.5. The first-order chi connectivity index (χ1) is 6.68. The van der Waals surface area contributed by atoms with Crippen LogP contribution in [0, 0.1) is 5.92 Å². The molecule has 0 radical (unpaired) electrons. The molecule has 5 nitrogen and oxygen atoms in total. The largest absolute Gasteiger partial charge is 0.481 e. The van der Waals surface area contributed by atoms with Crippen molar-refractivity contribution in [2.24, 2.45) is 11.7 Å². The molecule has 1 saturated heterocycles. The van der Waals surface area contributed by atoms with E-state index in [0.29, 0.717) is 0 Å². The summed E-state index contributed by atoms with van der Waals surface area (Å²) >= 11 is 0. The maximum atomic E-state index is 10.6. The van der Waals surface area contributed by atoms with Crippen molar-refractivity contribution in [1.82, 2.24) is 10.9 Å². The zero-order valence-corrected chi connectivity index (χ0v) is 7.60. The standard InChI is InChI=1S/C9H13N3O2/c10-5-2-1-3-6-9(5)7(12-11-6)4-8(13)14/h1-3,6-7,9,11-12H,4,10H2,(H,13,14). The second-order valence-corrected chi connectivity index (χ2v) is 3.60. The first-order valence-corrected chi connectivity index (χ1v) is 4.55. The molecule has 1 aliphatic carbocycles. The number of aliphatic carboxylic acids is 1. The molecule has 2 aliphatic rings. The van der Waals surface area contributed by atoms with Crippen LogP contribution in [-0.2, 0) is 4.79 Å². The van der Waals surface area contributed by atoms with E-state index in [-0.39, 0.29) is 24.4 Å². The number of nitrogens with one attached hydrogen (secondary N) is 2. The third-order valence-electron chi connectivity index (χ3n) is 2.64. The Labute approximate surface area is 81.6 Å². The second kappa shape index (κ2) is 3.43. The van der Waals surface area contributed by atoms with Crippen LogP contribution in [-0.4, -0.2) is 23.2 Å². The van der Waals surface area contributed by atoms with Gasteiger partial charge in [0, 0.05) is 23.7 Å². The number of fused-ring (bicyclic) bond motifs is 1. The highest BCUT2D eigenvalue weighted by Crippen LogP contribution is 2.26. The van der Waals surface area contributed by atoms with E-state index in [9.17, 15) is 4.79 Å². The fourth-order valence-corrected chi connectivity index (χ4v) is 2.00. The molecule has 14 heavy (non-hydrogen) atoms. The molecule has 0 aromatic rings. The van der Waals surface area contributed by atoms with E-state index in [1.807, 2.05) is 18.2 Å². The molecule has 0 amide bonds. The Bertz CT molecular complexity index is 311. The lowest BCUT2D eigenvalue weighted by Gasteiger charge is -2.22. The molecule has 5 N–H and O–H groups in total. The van der Waals surface area contributed by atoms with Crippen LogP contribution in [0.4, 0.5) is 0 Å². The minimum absolute atomic E-state index is 0.0519. The Morgan fingerprint density at radius 3 is 3.07 bits per heavy atom. The first-order valence-electron chi connectivity index (χ1n) is 4.55. The maximum absolute atomic E-state index is 10.6. The number of carboxylic acids is 1. The lowest BCUT2D eigenvalue weighted by molar-refractivity contribution is -0.137. The monoisotopic (exact) mass is 195 g/mol. The SMILES string of the molecule is NC1=CC=CC2NNC(CC(=O)O)C12. The molecule has 0 spiro atoms. The molecule has 0 saturated carbocycles. The van der Waals surface area contributed by atoms with E-state index in [1.165, 1.54) is 0 Å². The summed E-state index contributed by atoms with van der Waals surface area (Å²) in [5.74, 6) is -0.761. The molecule has 3 atom stereocenters. The number of allylic oxidation sites excluding steroid dienone is 2. The lowest BCUT2D eigenvalue weighted by atomic mass is 9.86. The summed E-state index contributed by atoms with van der Waals surface area (Å²) < 4.78 is 0. The van der Waals surface area contributed by atoms with Crippen LogP contribution in [0.5, 0.6) is 0 Å². The fourth-order valence-electron chi connectivity index (χ4n) is 2.00. The van der Waals surface area contributed by atoms with Crippen LogP contribution < -0.4 is 16.6 Å². The van der Waals surface area contributed by atoms with Gasteiger partial charge in [-0.25, -0.2) is 5.43 Å². The van der Waals surface area contributed by atoms with E-state index in [4.69, 9.17) is 10.8 Å². The molecule has 0 aromatic carbocycles. The van der Waals surface area contributed by atoms with Crippen LogP contribution >= 0.6 is 0 Å². The highest BCUT2D eigenvalue weighted by molar-refractivity contribution is 5.67. The van der Waals surface area contributed by atoms with Crippen LogP contribution in [0.25, 0.3) is 0 Å². The maximum Gasteiger partial charge on any atom is 0.305 e. The predicted molar refractivity (Wildman–Crippen MR) is 51.0 cm³/mol. The van der Waals surface area contributed by atoms with Gasteiger partial charge in [-0.05, 0) is 6.08 Å². The molecule has 1 aliphatic heterocycles. The summed E-state index contributed by atoms with van der Waals surface area (Å²) in [7, 11) is 0. The first kappa shape index (κ1) is 9.23. The summed E-state index contributed by atoms with van der Waals surface area (Å²) in [5, 5.41) is 8.70. The topological polar surface area (TPSA) is 87.4 Å². The normalized spacial score (nSPS) is 35.1. The van der Waals surface area contributed by atoms with Gasteiger partial charge in [0.1, 0.15) is 0 Å². The highest BCUT2D eigenvalue weighted by atomic mass is 16.4. The van der Waals surface area contributed by atoms with Gasteiger partial charge in [0.25, 0.3) is 0 Å². The van der Waals surface area contributed by atoms with Crippen molar-refractivity contribution in [3.8, 4) is 0 Å². The summed E-state index contributed by atoms with van der Waals surface area (Å²) in [6.07, 6.45) is 5.77. The Balaban J connectivity index is 2.13. The van der Waals surface area contributed by atoms with E-state index >= 15 is 0 Å². The molecule has 1 fully saturated rings. The molecule has 0 bridgehead atoms. The second-order valence-electron chi connectivity index (χ2n) is 3.60. The minimum atomic E-state index is -0.813. The molecule has 1 heterocycles. The van der Waals surface area contributed by atoms with Gasteiger partial charge in [-0.15, -0.1) is 0 Å². The summed E-state index contributed by atoms with van der Waals surface area (Å²) in [4.78, 5) is 10.6. The van der Waals surface area contributed by atoms with Gasteiger partial charge in [0.15, 0.2) is 0 Å². The van der Waals surface area contributed by atoms with Gasteiger partial charge < -0.3 is 10.8 Å². The molecule has 2 rings (SSSR count). The Hall–Kier alpha value is -1.33. The molecule has 5 heteroatoms. The van der Waals surface area contributed by atoms with Gasteiger partial charge in [-0.3, -0.25) is 10.2 Å². The molecular formula is C9H13N3O2. The van der Waals surface area contributed by atoms with Gasteiger partial charge in [-0.1, -0.05) is 12.2 Å². The van der Waals surface area contributed by atoms with Gasteiger partial charge >= 0.3 is 5.97 Å². The van der Waals surface area contributed by atoms with Crippen LogP contribution in [0.3, 0.4) is 0 Å². The number of rotatable bonds is 2. The average Bonchev–Trinajstić information content (AvgIpc) is 2.49. The van der Waals surface area contributed by atoms with E-state index in [1.54, 1.807) is 0 Å². The average molecular weight is 195 g/mol. The molecular weight excluding hydrogens is 182 g/mol. The number of hydrazine groups is 1. The number of carboxylic acid groups (broad SMARTS) is 1. The number of nitrogens with two attached hydrogens (primary N) is 1. The van der Waals surface area contributed by atoms with Crippen LogP contribution in [0.1, 0.15) is 6.42 Å². The van der Waals surface area contributed by atoms with Gasteiger partial charge in [0.05, 0.1) is 6.42 Å². The quantitative estimate of drug-likeness (QED) is 0.469. The van der Waals surface area contributed by atoms with Crippen molar-refractivity contribution in [3.63, 3.8) is 0 Å². The van der Waals surface area contributed by atoms with E-state index < -0.39 is 5.97 Å². The highest BCUT2D eigenvalue weighted by Gasteiger charge is 2.37. The Morgan fingerprint density at radius 2 is 2.36 bits per heavy atom.